The van der Waals surface area contributed by atoms with E-state index in [-0.39, 0.29) is 24.1 Å². The second-order valence-electron chi connectivity index (χ2n) is 4.99. The second-order valence-corrected chi connectivity index (χ2v) is 4.99. The van der Waals surface area contributed by atoms with Crippen LogP contribution in [0.15, 0.2) is 0 Å². The average molecular weight is 270 g/mol. The molecule has 0 radical (unpaired) electrons. The first-order chi connectivity index (χ1) is 9.20. The molecule has 6 heteroatoms. The van der Waals surface area contributed by atoms with Crippen LogP contribution in [-0.2, 0) is 14.3 Å². The first-order valence-corrected chi connectivity index (χ1v) is 7.04. The molecule has 0 bridgehead atoms. The van der Waals surface area contributed by atoms with Crippen LogP contribution in [0.4, 0.5) is 4.79 Å². The number of esters is 1. The van der Waals surface area contributed by atoms with Gasteiger partial charge in [0.15, 0.2) is 0 Å². The summed E-state index contributed by atoms with van der Waals surface area (Å²) in [6, 6.07) is -0.138. The lowest BCUT2D eigenvalue weighted by Gasteiger charge is -2.32. The van der Waals surface area contributed by atoms with Crippen molar-refractivity contribution in [2.75, 3.05) is 26.3 Å². The summed E-state index contributed by atoms with van der Waals surface area (Å²) >= 11 is 0. The van der Waals surface area contributed by atoms with Gasteiger partial charge in [-0.2, -0.15) is 0 Å². The maximum atomic E-state index is 12.1. The Labute approximate surface area is 113 Å². The average Bonchev–Trinajstić information content (AvgIpc) is 2.92. The van der Waals surface area contributed by atoms with Crippen LogP contribution < -0.4 is 5.32 Å². The smallest absolute Gasteiger partial charge is 0.319 e. The number of ether oxygens (including phenoxy) is 2. The number of rotatable bonds is 3. The SMILES string of the molecule is CCOC(=O)C1CCCN(C(=O)NC2CCCO2)C1. The first kappa shape index (κ1) is 14.1. The zero-order chi connectivity index (χ0) is 13.7. The maximum absolute atomic E-state index is 12.1. The van der Waals surface area contributed by atoms with Gasteiger partial charge in [-0.15, -0.1) is 0 Å². The van der Waals surface area contributed by atoms with Crippen LogP contribution >= 0.6 is 0 Å². The fourth-order valence-electron chi connectivity index (χ4n) is 2.53. The predicted molar refractivity (Wildman–Crippen MR) is 68.4 cm³/mol. The summed E-state index contributed by atoms with van der Waals surface area (Å²) in [6.07, 6.45) is 3.30. The van der Waals surface area contributed by atoms with Crippen molar-refractivity contribution in [1.29, 1.82) is 0 Å². The summed E-state index contributed by atoms with van der Waals surface area (Å²) < 4.78 is 10.4. The van der Waals surface area contributed by atoms with Gasteiger partial charge < -0.3 is 19.7 Å². The zero-order valence-electron chi connectivity index (χ0n) is 11.4. The molecule has 2 heterocycles. The van der Waals surface area contributed by atoms with E-state index < -0.39 is 0 Å². The summed E-state index contributed by atoms with van der Waals surface area (Å²) in [7, 11) is 0. The molecule has 108 valence electrons. The van der Waals surface area contributed by atoms with Gasteiger partial charge in [0.25, 0.3) is 0 Å². The lowest BCUT2D eigenvalue weighted by molar-refractivity contribution is -0.149. The quantitative estimate of drug-likeness (QED) is 0.780. The molecule has 0 aliphatic carbocycles. The molecule has 2 saturated heterocycles. The summed E-state index contributed by atoms with van der Waals surface area (Å²) in [4.78, 5) is 25.5. The Balaban J connectivity index is 1.82. The van der Waals surface area contributed by atoms with E-state index in [9.17, 15) is 9.59 Å². The van der Waals surface area contributed by atoms with Gasteiger partial charge in [-0.1, -0.05) is 0 Å². The highest BCUT2D eigenvalue weighted by Crippen LogP contribution is 2.18. The van der Waals surface area contributed by atoms with Crippen molar-refractivity contribution in [1.82, 2.24) is 10.2 Å². The lowest BCUT2D eigenvalue weighted by Crippen LogP contribution is -2.49. The molecule has 19 heavy (non-hydrogen) atoms. The highest BCUT2D eigenvalue weighted by molar-refractivity contribution is 5.77. The highest BCUT2D eigenvalue weighted by Gasteiger charge is 2.30. The Bertz CT molecular complexity index is 329. The van der Waals surface area contributed by atoms with Crippen molar-refractivity contribution < 1.29 is 19.1 Å². The topological polar surface area (TPSA) is 67.9 Å². The van der Waals surface area contributed by atoms with E-state index in [2.05, 4.69) is 5.32 Å². The van der Waals surface area contributed by atoms with Crippen LogP contribution in [0.1, 0.15) is 32.6 Å². The fraction of sp³-hybridized carbons (Fsp3) is 0.846. The lowest BCUT2D eigenvalue weighted by atomic mass is 9.98. The minimum absolute atomic E-state index is 0.138. The standard InChI is InChI=1S/C13H22N2O4/c1-2-18-12(16)10-5-3-7-15(9-10)13(17)14-11-6-4-8-19-11/h10-11H,2-9H2,1H3,(H,14,17). The molecule has 0 aromatic heterocycles. The molecule has 2 unspecified atom stereocenters. The fourth-order valence-corrected chi connectivity index (χ4v) is 2.53. The Morgan fingerprint density at radius 3 is 2.89 bits per heavy atom. The Kier molecular flexibility index (Phi) is 5.01. The van der Waals surface area contributed by atoms with Crippen molar-refractivity contribution in [2.24, 2.45) is 5.92 Å². The molecule has 0 aromatic carbocycles. The van der Waals surface area contributed by atoms with E-state index >= 15 is 0 Å². The third-order valence-electron chi connectivity index (χ3n) is 3.54. The van der Waals surface area contributed by atoms with Crippen molar-refractivity contribution >= 4 is 12.0 Å². The molecule has 2 rings (SSSR count). The molecule has 2 amide bonds. The van der Waals surface area contributed by atoms with Gasteiger partial charge in [-0.3, -0.25) is 4.79 Å². The van der Waals surface area contributed by atoms with Crippen LogP contribution in [0.2, 0.25) is 0 Å². The van der Waals surface area contributed by atoms with Gasteiger partial charge >= 0.3 is 12.0 Å². The van der Waals surface area contributed by atoms with Gasteiger partial charge in [-0.05, 0) is 32.6 Å². The summed E-state index contributed by atoms with van der Waals surface area (Å²) in [5.74, 6) is -0.388. The minimum atomic E-state index is -0.197. The zero-order valence-corrected chi connectivity index (χ0v) is 11.4. The number of urea groups is 1. The third kappa shape index (κ3) is 3.83. The normalized spacial score (nSPS) is 27.1. The molecule has 1 N–H and O–H groups in total. The van der Waals surface area contributed by atoms with E-state index in [1.54, 1.807) is 11.8 Å². The van der Waals surface area contributed by atoms with Gasteiger partial charge in [0.05, 0.1) is 12.5 Å². The van der Waals surface area contributed by atoms with Crippen molar-refractivity contribution in [3.05, 3.63) is 0 Å². The van der Waals surface area contributed by atoms with Crippen molar-refractivity contribution in [3.8, 4) is 0 Å². The molecule has 6 nitrogen and oxygen atoms in total. The second kappa shape index (κ2) is 6.75. The first-order valence-electron chi connectivity index (χ1n) is 7.04. The third-order valence-corrected chi connectivity index (χ3v) is 3.54. The number of carbonyl (C=O) groups is 2. The monoisotopic (exact) mass is 270 g/mol. The molecule has 2 aliphatic heterocycles. The summed E-state index contributed by atoms with van der Waals surface area (Å²) in [5, 5.41) is 2.85. The summed E-state index contributed by atoms with van der Waals surface area (Å²) in [5.41, 5.74) is 0. The van der Waals surface area contributed by atoms with Gasteiger partial charge in [0, 0.05) is 19.7 Å². The maximum Gasteiger partial charge on any atom is 0.319 e. The number of nitrogens with zero attached hydrogens (tertiary/aromatic N) is 1. The van der Waals surface area contributed by atoms with Crippen molar-refractivity contribution in [2.45, 2.75) is 38.8 Å². The number of piperidine rings is 1. The number of hydrogen-bond donors (Lipinski definition) is 1. The number of hydrogen-bond acceptors (Lipinski definition) is 4. The van der Waals surface area contributed by atoms with E-state index in [1.165, 1.54) is 0 Å². The molecule has 0 aromatic rings. The van der Waals surface area contributed by atoms with Crippen LogP contribution in [0.25, 0.3) is 0 Å². The van der Waals surface area contributed by atoms with E-state index in [4.69, 9.17) is 9.47 Å². The molecule has 2 atom stereocenters. The van der Waals surface area contributed by atoms with E-state index in [1.807, 2.05) is 0 Å². The van der Waals surface area contributed by atoms with Gasteiger partial charge in [0.1, 0.15) is 6.23 Å². The van der Waals surface area contributed by atoms with Gasteiger partial charge in [-0.25, -0.2) is 4.79 Å². The minimum Gasteiger partial charge on any atom is -0.466 e. The number of amides is 2. The molecular formula is C13H22N2O4. The van der Waals surface area contributed by atoms with Gasteiger partial charge in [0.2, 0.25) is 0 Å². The Morgan fingerprint density at radius 1 is 1.37 bits per heavy atom. The van der Waals surface area contributed by atoms with Crippen LogP contribution in [0, 0.1) is 5.92 Å². The number of carbonyl (C=O) groups excluding carboxylic acids is 2. The predicted octanol–water partition coefficient (Wildman–Crippen LogP) is 1.11. The largest absolute Gasteiger partial charge is 0.466 e. The summed E-state index contributed by atoms with van der Waals surface area (Å²) in [6.45, 7) is 4.02. The van der Waals surface area contributed by atoms with E-state index in [0.717, 1.165) is 25.7 Å². The Hall–Kier alpha value is -1.30. The molecular weight excluding hydrogens is 248 g/mol. The molecule has 2 aliphatic rings. The number of likely N-dealkylation sites (tertiary alicyclic amines) is 1. The number of nitrogens with one attached hydrogen (secondary N) is 1. The molecule has 0 spiro atoms. The highest BCUT2D eigenvalue weighted by atomic mass is 16.5. The molecule has 0 saturated carbocycles. The molecule has 2 fully saturated rings. The Morgan fingerprint density at radius 2 is 2.21 bits per heavy atom. The van der Waals surface area contributed by atoms with E-state index in [0.29, 0.717) is 26.3 Å². The van der Waals surface area contributed by atoms with Crippen LogP contribution in [-0.4, -0.2) is 49.4 Å². The van der Waals surface area contributed by atoms with Crippen molar-refractivity contribution in [3.63, 3.8) is 0 Å². The van der Waals surface area contributed by atoms with Crippen LogP contribution in [0.3, 0.4) is 0 Å². The van der Waals surface area contributed by atoms with Crippen LogP contribution in [0.5, 0.6) is 0 Å².